The van der Waals surface area contributed by atoms with E-state index < -0.39 is 0 Å². The van der Waals surface area contributed by atoms with Gasteiger partial charge in [0.05, 0.1) is 11.9 Å². The van der Waals surface area contributed by atoms with Crippen molar-refractivity contribution in [1.29, 1.82) is 0 Å². The van der Waals surface area contributed by atoms with Gasteiger partial charge in [-0.2, -0.15) is 0 Å². The summed E-state index contributed by atoms with van der Waals surface area (Å²) in [5, 5.41) is 8.95. The molecule has 1 heterocycles. The van der Waals surface area contributed by atoms with Gasteiger partial charge in [0.1, 0.15) is 0 Å². The summed E-state index contributed by atoms with van der Waals surface area (Å²) in [5.41, 5.74) is 1.25. The molecule has 0 aliphatic carbocycles. The first-order valence-corrected chi connectivity index (χ1v) is 5.44. The highest BCUT2D eigenvalue weighted by atomic mass is 79.9. The normalized spacial score (nSPS) is 10.5. The Morgan fingerprint density at radius 1 is 1.58 bits per heavy atom. The van der Waals surface area contributed by atoms with Crippen LogP contribution in [-0.4, -0.2) is 20.3 Å². The Labute approximate surface area is 81.3 Å². The fourth-order valence-corrected chi connectivity index (χ4v) is 1.40. The van der Waals surface area contributed by atoms with Gasteiger partial charge in [-0.05, 0) is 19.3 Å². The predicted octanol–water partition coefficient (Wildman–Crippen LogP) is 2.02. The van der Waals surface area contributed by atoms with Gasteiger partial charge >= 0.3 is 0 Å². The second-order valence-corrected chi connectivity index (χ2v) is 3.53. The maximum atomic E-state index is 4.01. The number of alkyl halides is 1. The molecule has 3 nitrogen and oxygen atoms in total. The molecule has 4 heteroatoms. The molecule has 0 radical (unpaired) electrons. The average Bonchev–Trinajstić information content (AvgIpc) is 2.50. The van der Waals surface area contributed by atoms with Gasteiger partial charge in [0.2, 0.25) is 0 Å². The van der Waals surface area contributed by atoms with Crippen LogP contribution in [0.1, 0.15) is 25.5 Å². The van der Waals surface area contributed by atoms with Crippen molar-refractivity contribution >= 4 is 15.9 Å². The van der Waals surface area contributed by atoms with E-state index in [1.54, 1.807) is 0 Å². The number of hydrogen-bond acceptors (Lipinski definition) is 2. The second kappa shape index (κ2) is 5.30. The zero-order valence-corrected chi connectivity index (χ0v) is 8.92. The van der Waals surface area contributed by atoms with Crippen LogP contribution in [0.3, 0.4) is 0 Å². The molecule has 0 N–H and O–H groups in total. The third-order valence-electron chi connectivity index (χ3n) is 1.70. The zero-order chi connectivity index (χ0) is 8.81. The van der Waals surface area contributed by atoms with Crippen molar-refractivity contribution in [2.75, 3.05) is 5.33 Å². The lowest BCUT2D eigenvalue weighted by Gasteiger charge is -2.02. The smallest absolute Gasteiger partial charge is 0.0725 e. The van der Waals surface area contributed by atoms with Crippen LogP contribution < -0.4 is 0 Å². The summed E-state index contributed by atoms with van der Waals surface area (Å²) in [7, 11) is 0. The van der Waals surface area contributed by atoms with Gasteiger partial charge < -0.3 is 0 Å². The molecule has 0 spiro atoms. The van der Waals surface area contributed by atoms with Gasteiger partial charge in [-0.25, -0.2) is 4.68 Å². The Morgan fingerprint density at radius 3 is 3.08 bits per heavy atom. The van der Waals surface area contributed by atoms with Gasteiger partial charge in [-0.1, -0.05) is 28.1 Å². The van der Waals surface area contributed by atoms with E-state index in [9.17, 15) is 0 Å². The highest BCUT2D eigenvalue weighted by molar-refractivity contribution is 9.09. The summed E-state index contributed by atoms with van der Waals surface area (Å²) in [6.07, 6.45) is 5.19. The van der Waals surface area contributed by atoms with Crippen LogP contribution in [0.4, 0.5) is 0 Å². The standard InChI is InChI=1S/C8H14BrN3/c1-2-6-12-8(4-3-5-9)7-10-11-12/h7H,2-6H2,1H3. The minimum Gasteiger partial charge on any atom is -0.249 e. The second-order valence-electron chi connectivity index (χ2n) is 2.74. The summed E-state index contributed by atoms with van der Waals surface area (Å²) in [6, 6.07) is 0. The molecule has 0 aliphatic rings. The van der Waals surface area contributed by atoms with Crippen molar-refractivity contribution in [1.82, 2.24) is 15.0 Å². The highest BCUT2D eigenvalue weighted by Gasteiger charge is 2.01. The molecular formula is C8H14BrN3. The van der Waals surface area contributed by atoms with E-state index >= 15 is 0 Å². The third kappa shape index (κ3) is 2.59. The summed E-state index contributed by atoms with van der Waals surface area (Å²) >= 11 is 3.41. The molecule has 1 rings (SSSR count). The number of rotatable bonds is 5. The summed E-state index contributed by atoms with van der Waals surface area (Å²) in [6.45, 7) is 3.13. The maximum Gasteiger partial charge on any atom is 0.0725 e. The molecule has 0 aromatic carbocycles. The van der Waals surface area contributed by atoms with Crippen LogP contribution in [0.15, 0.2) is 6.20 Å². The lowest BCUT2D eigenvalue weighted by atomic mass is 10.2. The molecule has 1 aromatic heterocycles. The number of nitrogens with zero attached hydrogens (tertiary/aromatic N) is 3. The minimum absolute atomic E-state index is 0.984. The first kappa shape index (κ1) is 9.71. The van der Waals surface area contributed by atoms with Crippen molar-refractivity contribution in [3.8, 4) is 0 Å². The van der Waals surface area contributed by atoms with Crippen LogP contribution in [0.2, 0.25) is 0 Å². The number of aromatic nitrogens is 3. The van der Waals surface area contributed by atoms with Crippen LogP contribution in [0.25, 0.3) is 0 Å². The number of halogens is 1. The van der Waals surface area contributed by atoms with Gasteiger partial charge in [0.25, 0.3) is 0 Å². The molecule has 1 aromatic rings. The van der Waals surface area contributed by atoms with Gasteiger partial charge in [0, 0.05) is 11.9 Å². The van der Waals surface area contributed by atoms with E-state index in [1.807, 2.05) is 10.9 Å². The first-order chi connectivity index (χ1) is 5.88. The first-order valence-electron chi connectivity index (χ1n) is 4.31. The zero-order valence-electron chi connectivity index (χ0n) is 7.33. The molecule has 12 heavy (non-hydrogen) atoms. The molecule has 0 bridgehead atoms. The largest absolute Gasteiger partial charge is 0.249 e. The van der Waals surface area contributed by atoms with E-state index in [0.717, 1.165) is 31.1 Å². The van der Waals surface area contributed by atoms with Crippen LogP contribution >= 0.6 is 15.9 Å². The molecular weight excluding hydrogens is 218 g/mol. The average molecular weight is 232 g/mol. The summed E-state index contributed by atoms with van der Waals surface area (Å²) in [5.74, 6) is 0. The quantitative estimate of drug-likeness (QED) is 0.727. The minimum atomic E-state index is 0.984. The Kier molecular flexibility index (Phi) is 4.29. The van der Waals surface area contributed by atoms with Crippen LogP contribution in [0.5, 0.6) is 0 Å². The van der Waals surface area contributed by atoms with Crippen molar-refractivity contribution < 1.29 is 0 Å². The molecule has 0 saturated carbocycles. The Morgan fingerprint density at radius 2 is 2.42 bits per heavy atom. The van der Waals surface area contributed by atoms with Crippen LogP contribution in [0, 0.1) is 0 Å². The molecule has 0 aliphatic heterocycles. The third-order valence-corrected chi connectivity index (χ3v) is 2.26. The van der Waals surface area contributed by atoms with Crippen molar-refractivity contribution in [3.05, 3.63) is 11.9 Å². The van der Waals surface area contributed by atoms with E-state index in [2.05, 4.69) is 33.2 Å². The molecule has 68 valence electrons. The molecule has 0 fully saturated rings. The number of aryl methyl sites for hydroxylation is 2. The van der Waals surface area contributed by atoms with Gasteiger partial charge in [0.15, 0.2) is 0 Å². The van der Waals surface area contributed by atoms with E-state index in [1.165, 1.54) is 5.69 Å². The molecule has 0 unspecified atom stereocenters. The predicted molar refractivity (Wildman–Crippen MR) is 52.4 cm³/mol. The Hall–Kier alpha value is -0.380. The summed E-state index contributed by atoms with van der Waals surface area (Å²) < 4.78 is 1.99. The molecule has 0 atom stereocenters. The molecule has 0 saturated heterocycles. The SMILES string of the molecule is CCCn1nncc1CCCBr. The van der Waals surface area contributed by atoms with E-state index in [4.69, 9.17) is 0 Å². The van der Waals surface area contributed by atoms with Crippen molar-refractivity contribution in [3.63, 3.8) is 0 Å². The van der Waals surface area contributed by atoms with Gasteiger partial charge in [-0.15, -0.1) is 5.10 Å². The monoisotopic (exact) mass is 231 g/mol. The Balaban J connectivity index is 2.51. The number of hydrogen-bond donors (Lipinski definition) is 0. The topological polar surface area (TPSA) is 30.7 Å². The fourth-order valence-electron chi connectivity index (χ4n) is 1.12. The van der Waals surface area contributed by atoms with Crippen molar-refractivity contribution in [2.45, 2.75) is 32.7 Å². The fraction of sp³-hybridized carbons (Fsp3) is 0.750. The maximum absolute atomic E-state index is 4.01. The lowest BCUT2D eigenvalue weighted by molar-refractivity contribution is 0.553. The van der Waals surface area contributed by atoms with Crippen LogP contribution in [-0.2, 0) is 13.0 Å². The van der Waals surface area contributed by atoms with E-state index in [0.29, 0.717) is 0 Å². The Bertz CT molecular complexity index is 222. The molecule has 0 amide bonds. The summed E-state index contributed by atoms with van der Waals surface area (Å²) in [4.78, 5) is 0. The van der Waals surface area contributed by atoms with E-state index in [-0.39, 0.29) is 0 Å². The highest BCUT2D eigenvalue weighted by Crippen LogP contribution is 2.03. The lowest BCUT2D eigenvalue weighted by Crippen LogP contribution is -2.04. The van der Waals surface area contributed by atoms with Gasteiger partial charge in [-0.3, -0.25) is 0 Å². The van der Waals surface area contributed by atoms with Crippen molar-refractivity contribution in [2.24, 2.45) is 0 Å².